The number of carbonyl (C=O) groups is 1. The number of nitrogens with zero attached hydrogens (tertiary/aromatic N) is 3. The van der Waals surface area contributed by atoms with Crippen LogP contribution in [0.1, 0.15) is 4.88 Å². The third-order valence-corrected chi connectivity index (χ3v) is 4.36. The number of benzene rings is 1. The van der Waals surface area contributed by atoms with E-state index in [1.807, 2.05) is 6.92 Å². The van der Waals surface area contributed by atoms with Gasteiger partial charge in [0, 0.05) is 16.6 Å². The summed E-state index contributed by atoms with van der Waals surface area (Å²) in [5, 5.41) is 20.7. The topological polar surface area (TPSA) is 101 Å². The average molecular weight is 348 g/mol. The van der Waals surface area contributed by atoms with Crippen molar-refractivity contribution in [1.82, 2.24) is 15.2 Å². The van der Waals surface area contributed by atoms with Gasteiger partial charge in [0.2, 0.25) is 11.8 Å². The molecule has 1 amide bonds. The second-order valence-electron chi connectivity index (χ2n) is 4.53. The third kappa shape index (κ3) is 4.08. The number of phenolic OH excluding ortho intramolecular Hbond substituents is 1. The van der Waals surface area contributed by atoms with Crippen LogP contribution in [0.4, 0.5) is 5.13 Å². The minimum Gasteiger partial charge on any atom is -0.508 e. The predicted molar refractivity (Wildman–Crippen MR) is 87.6 cm³/mol. The van der Waals surface area contributed by atoms with Crippen LogP contribution in [0.25, 0.3) is 11.5 Å². The number of rotatable bonds is 5. The minimum atomic E-state index is -0.186. The van der Waals surface area contributed by atoms with Gasteiger partial charge in [0.1, 0.15) is 5.75 Å². The van der Waals surface area contributed by atoms with E-state index >= 15 is 0 Å². The van der Waals surface area contributed by atoms with Gasteiger partial charge in [-0.15, -0.1) is 21.5 Å². The Morgan fingerprint density at radius 2 is 2.13 bits per heavy atom. The van der Waals surface area contributed by atoms with Gasteiger partial charge in [0.25, 0.3) is 5.22 Å². The zero-order valence-electron chi connectivity index (χ0n) is 12.0. The summed E-state index contributed by atoms with van der Waals surface area (Å²) in [6.07, 6.45) is 1.70. The van der Waals surface area contributed by atoms with E-state index in [0.29, 0.717) is 21.8 Å². The van der Waals surface area contributed by atoms with E-state index in [9.17, 15) is 9.90 Å². The van der Waals surface area contributed by atoms with Crippen molar-refractivity contribution in [3.8, 4) is 17.2 Å². The van der Waals surface area contributed by atoms with Gasteiger partial charge in [-0.05, 0) is 31.2 Å². The second-order valence-corrected chi connectivity index (χ2v) is 6.69. The van der Waals surface area contributed by atoms with Crippen molar-refractivity contribution in [3.05, 3.63) is 35.3 Å². The first-order valence-electron chi connectivity index (χ1n) is 6.58. The van der Waals surface area contributed by atoms with Crippen LogP contribution in [0.5, 0.6) is 5.75 Å². The fourth-order valence-electron chi connectivity index (χ4n) is 1.68. The first kappa shape index (κ1) is 15.5. The van der Waals surface area contributed by atoms with Gasteiger partial charge in [0.05, 0.1) is 5.75 Å². The summed E-state index contributed by atoms with van der Waals surface area (Å²) >= 11 is 2.56. The lowest BCUT2D eigenvalue weighted by atomic mass is 10.2. The van der Waals surface area contributed by atoms with Gasteiger partial charge in [-0.25, -0.2) is 4.98 Å². The van der Waals surface area contributed by atoms with Gasteiger partial charge in [-0.1, -0.05) is 11.8 Å². The Hall–Kier alpha value is -2.39. The maximum Gasteiger partial charge on any atom is 0.277 e. The lowest BCUT2D eigenvalue weighted by molar-refractivity contribution is -0.113. The lowest BCUT2D eigenvalue weighted by Gasteiger charge is -1.98. The third-order valence-electron chi connectivity index (χ3n) is 2.72. The molecule has 0 spiro atoms. The molecule has 9 heteroatoms. The summed E-state index contributed by atoms with van der Waals surface area (Å²) < 4.78 is 5.48. The standard InChI is InChI=1S/C14H12N4O3S2/c1-8-6-15-13(23-8)16-11(20)7-22-14-18-17-12(21-14)9-2-4-10(19)5-3-9/h2-6,19H,7H2,1H3,(H,15,16,20). The van der Waals surface area contributed by atoms with Gasteiger partial charge in [-0.3, -0.25) is 4.79 Å². The summed E-state index contributed by atoms with van der Waals surface area (Å²) in [7, 11) is 0. The second kappa shape index (κ2) is 6.80. The number of thiazole rings is 1. The molecule has 0 radical (unpaired) electrons. The molecule has 0 aliphatic heterocycles. The van der Waals surface area contributed by atoms with Crippen LogP contribution < -0.4 is 5.32 Å². The predicted octanol–water partition coefficient (Wildman–Crippen LogP) is 2.94. The van der Waals surface area contributed by atoms with E-state index in [2.05, 4.69) is 20.5 Å². The Kier molecular flexibility index (Phi) is 4.58. The number of hydrogen-bond donors (Lipinski definition) is 2. The molecule has 0 saturated carbocycles. The van der Waals surface area contributed by atoms with Crippen molar-refractivity contribution in [2.45, 2.75) is 12.1 Å². The molecule has 0 aliphatic rings. The molecule has 1 aromatic carbocycles. The lowest BCUT2D eigenvalue weighted by Crippen LogP contribution is -2.13. The van der Waals surface area contributed by atoms with Gasteiger partial charge in [-0.2, -0.15) is 0 Å². The minimum absolute atomic E-state index is 0.149. The highest BCUT2D eigenvalue weighted by molar-refractivity contribution is 7.99. The molecule has 2 N–H and O–H groups in total. The highest BCUT2D eigenvalue weighted by Gasteiger charge is 2.12. The molecule has 7 nitrogen and oxygen atoms in total. The highest BCUT2D eigenvalue weighted by atomic mass is 32.2. The number of carbonyl (C=O) groups excluding carboxylic acids is 1. The number of anilines is 1. The summed E-state index contributed by atoms with van der Waals surface area (Å²) in [5.74, 6) is 0.463. The number of nitrogens with one attached hydrogen (secondary N) is 1. The molecular formula is C14H12N4O3S2. The molecular weight excluding hydrogens is 336 g/mol. The molecule has 0 bridgehead atoms. The van der Waals surface area contributed by atoms with Crippen molar-refractivity contribution in [3.63, 3.8) is 0 Å². The molecule has 0 saturated heterocycles. The van der Waals surface area contributed by atoms with Crippen molar-refractivity contribution >= 4 is 34.1 Å². The van der Waals surface area contributed by atoms with E-state index in [4.69, 9.17) is 4.42 Å². The van der Waals surface area contributed by atoms with E-state index in [1.165, 1.54) is 23.5 Å². The van der Waals surface area contributed by atoms with Crippen molar-refractivity contribution in [2.75, 3.05) is 11.1 Å². The fourth-order valence-corrected chi connectivity index (χ4v) is 2.93. The zero-order chi connectivity index (χ0) is 16.2. The van der Waals surface area contributed by atoms with Gasteiger partial charge < -0.3 is 14.8 Å². The van der Waals surface area contributed by atoms with Crippen LogP contribution in [0, 0.1) is 6.92 Å². The first-order chi connectivity index (χ1) is 11.1. The van der Waals surface area contributed by atoms with Gasteiger partial charge >= 0.3 is 0 Å². The molecule has 0 unspecified atom stereocenters. The van der Waals surface area contributed by atoms with Crippen molar-refractivity contribution in [1.29, 1.82) is 0 Å². The van der Waals surface area contributed by atoms with Gasteiger partial charge in [0.15, 0.2) is 5.13 Å². The number of phenols is 1. The maximum atomic E-state index is 11.8. The Morgan fingerprint density at radius 1 is 1.35 bits per heavy atom. The molecule has 118 valence electrons. The first-order valence-corrected chi connectivity index (χ1v) is 8.38. The number of hydrogen-bond acceptors (Lipinski definition) is 8. The van der Waals surface area contributed by atoms with Crippen LogP contribution in [0.15, 0.2) is 40.1 Å². The molecule has 23 heavy (non-hydrogen) atoms. The molecule has 0 atom stereocenters. The summed E-state index contributed by atoms with van der Waals surface area (Å²) in [4.78, 5) is 16.9. The zero-order valence-corrected chi connectivity index (χ0v) is 13.6. The van der Waals surface area contributed by atoms with Crippen LogP contribution in [-0.2, 0) is 4.79 Å². The molecule has 3 rings (SSSR count). The van der Waals surface area contributed by atoms with Crippen LogP contribution in [0.3, 0.4) is 0 Å². The smallest absolute Gasteiger partial charge is 0.277 e. The van der Waals surface area contributed by atoms with Crippen molar-refractivity contribution in [2.24, 2.45) is 0 Å². The maximum absolute atomic E-state index is 11.8. The number of aromatic nitrogens is 3. The Balaban J connectivity index is 1.56. The largest absolute Gasteiger partial charge is 0.508 e. The van der Waals surface area contributed by atoms with Crippen LogP contribution in [0.2, 0.25) is 0 Å². The average Bonchev–Trinajstić information content (AvgIpc) is 3.15. The van der Waals surface area contributed by atoms with E-state index < -0.39 is 0 Å². The summed E-state index contributed by atoms with van der Waals surface area (Å²) in [5.41, 5.74) is 0.699. The van der Waals surface area contributed by atoms with Crippen molar-refractivity contribution < 1.29 is 14.3 Å². The van der Waals surface area contributed by atoms with Crippen LogP contribution in [-0.4, -0.2) is 31.9 Å². The van der Waals surface area contributed by atoms with E-state index in [1.54, 1.807) is 18.3 Å². The summed E-state index contributed by atoms with van der Waals surface area (Å²) in [6.45, 7) is 1.92. The SMILES string of the molecule is Cc1cnc(NC(=O)CSc2nnc(-c3ccc(O)cc3)o2)s1. The molecule has 3 aromatic rings. The number of aryl methyl sites for hydroxylation is 1. The highest BCUT2D eigenvalue weighted by Crippen LogP contribution is 2.25. The Morgan fingerprint density at radius 3 is 2.83 bits per heavy atom. The number of thioether (sulfide) groups is 1. The summed E-state index contributed by atoms with van der Waals surface area (Å²) in [6, 6.07) is 6.43. The van der Waals surface area contributed by atoms with E-state index in [-0.39, 0.29) is 17.4 Å². The molecule has 0 fully saturated rings. The number of aromatic hydroxyl groups is 1. The normalized spacial score (nSPS) is 10.7. The quantitative estimate of drug-likeness (QED) is 0.684. The Labute approximate surface area is 139 Å². The fraction of sp³-hybridized carbons (Fsp3) is 0.143. The molecule has 0 aliphatic carbocycles. The van der Waals surface area contributed by atoms with E-state index in [0.717, 1.165) is 16.6 Å². The van der Waals surface area contributed by atoms with Crippen LogP contribution >= 0.6 is 23.1 Å². The molecule has 2 aromatic heterocycles. The number of amides is 1. The molecule has 2 heterocycles. The monoisotopic (exact) mass is 348 g/mol. The Bertz CT molecular complexity index is 814.